The Bertz CT molecular complexity index is 687. The van der Waals surface area contributed by atoms with Gasteiger partial charge in [0.15, 0.2) is 0 Å². The summed E-state index contributed by atoms with van der Waals surface area (Å²) in [7, 11) is 6.04. The SMILES string of the molecule is CN(C)C(CNc1cc(N2CCCC2CO)ncn1)c1cnn(C)c1. The number of hydrogen-bond donors (Lipinski definition) is 2. The maximum absolute atomic E-state index is 9.52. The van der Waals surface area contributed by atoms with Gasteiger partial charge in [-0.25, -0.2) is 9.97 Å². The van der Waals surface area contributed by atoms with E-state index in [1.54, 1.807) is 6.33 Å². The molecule has 3 heterocycles. The van der Waals surface area contributed by atoms with Crippen molar-refractivity contribution in [1.29, 1.82) is 0 Å². The molecule has 0 saturated carbocycles. The Morgan fingerprint density at radius 1 is 1.40 bits per heavy atom. The van der Waals surface area contributed by atoms with Crippen LogP contribution in [0.2, 0.25) is 0 Å². The summed E-state index contributed by atoms with van der Waals surface area (Å²) in [5.41, 5.74) is 1.16. The number of hydrogen-bond acceptors (Lipinski definition) is 7. The molecule has 0 aromatic carbocycles. The third kappa shape index (κ3) is 4.08. The quantitative estimate of drug-likeness (QED) is 0.771. The van der Waals surface area contributed by atoms with E-state index in [4.69, 9.17) is 0 Å². The van der Waals surface area contributed by atoms with Crippen LogP contribution < -0.4 is 10.2 Å². The normalized spacial score (nSPS) is 18.8. The average molecular weight is 345 g/mol. The number of aryl methyl sites for hydroxylation is 1. The standard InChI is InChI=1S/C17H27N7O/c1-22(2)15(13-8-21-23(3)10-13)9-18-16-7-17(20-12-19-16)24-6-4-5-14(24)11-25/h7-8,10,12,14-15,25H,4-6,9,11H2,1-3H3,(H,18,19,20). The number of nitrogens with one attached hydrogen (secondary N) is 1. The molecule has 2 atom stereocenters. The molecule has 25 heavy (non-hydrogen) atoms. The van der Waals surface area contributed by atoms with Gasteiger partial charge in [0.2, 0.25) is 0 Å². The zero-order chi connectivity index (χ0) is 17.8. The van der Waals surface area contributed by atoms with Gasteiger partial charge in [-0.1, -0.05) is 0 Å². The smallest absolute Gasteiger partial charge is 0.134 e. The van der Waals surface area contributed by atoms with Crippen LogP contribution >= 0.6 is 0 Å². The van der Waals surface area contributed by atoms with Crippen molar-refractivity contribution in [2.45, 2.75) is 24.9 Å². The Balaban J connectivity index is 1.69. The van der Waals surface area contributed by atoms with Crippen LogP contribution in [0.4, 0.5) is 11.6 Å². The van der Waals surface area contributed by atoms with E-state index in [9.17, 15) is 5.11 Å². The van der Waals surface area contributed by atoms with Gasteiger partial charge in [-0.15, -0.1) is 0 Å². The molecular weight excluding hydrogens is 318 g/mol. The molecular formula is C17H27N7O. The first-order valence-corrected chi connectivity index (χ1v) is 8.67. The Morgan fingerprint density at radius 2 is 2.24 bits per heavy atom. The molecule has 1 aliphatic rings. The Hall–Kier alpha value is -2.19. The van der Waals surface area contributed by atoms with E-state index in [0.29, 0.717) is 0 Å². The minimum absolute atomic E-state index is 0.160. The minimum Gasteiger partial charge on any atom is -0.394 e. The summed E-state index contributed by atoms with van der Waals surface area (Å²) >= 11 is 0. The maximum Gasteiger partial charge on any atom is 0.134 e. The van der Waals surface area contributed by atoms with Crippen LogP contribution in [-0.2, 0) is 7.05 Å². The van der Waals surface area contributed by atoms with E-state index in [2.05, 4.69) is 44.3 Å². The van der Waals surface area contributed by atoms with E-state index in [-0.39, 0.29) is 18.7 Å². The lowest BCUT2D eigenvalue weighted by Gasteiger charge is -2.25. The van der Waals surface area contributed by atoms with Crippen LogP contribution in [0.5, 0.6) is 0 Å². The summed E-state index contributed by atoms with van der Waals surface area (Å²) in [4.78, 5) is 13.0. The number of aliphatic hydroxyl groups is 1. The first-order valence-electron chi connectivity index (χ1n) is 8.67. The molecule has 2 aromatic rings. The number of aliphatic hydroxyl groups excluding tert-OH is 1. The van der Waals surface area contributed by atoms with Gasteiger partial charge in [0, 0.05) is 38.0 Å². The summed E-state index contributed by atoms with van der Waals surface area (Å²) in [6, 6.07) is 2.32. The number of anilines is 2. The molecule has 1 saturated heterocycles. The number of aromatic nitrogens is 4. The zero-order valence-electron chi connectivity index (χ0n) is 15.1. The van der Waals surface area contributed by atoms with E-state index in [0.717, 1.165) is 43.1 Å². The second kappa shape index (κ2) is 7.79. The summed E-state index contributed by atoms with van der Waals surface area (Å²) in [6.07, 6.45) is 7.61. The minimum atomic E-state index is 0.160. The Morgan fingerprint density at radius 3 is 2.92 bits per heavy atom. The lowest BCUT2D eigenvalue weighted by molar-refractivity contribution is 0.266. The molecule has 0 amide bonds. The molecule has 0 bridgehead atoms. The molecule has 0 spiro atoms. The van der Waals surface area contributed by atoms with Gasteiger partial charge in [-0.3, -0.25) is 4.68 Å². The topological polar surface area (TPSA) is 82.3 Å². The summed E-state index contributed by atoms with van der Waals surface area (Å²) in [5, 5.41) is 17.2. The van der Waals surface area contributed by atoms with Crippen LogP contribution in [0, 0.1) is 0 Å². The van der Waals surface area contributed by atoms with Crippen molar-refractivity contribution in [2.75, 3.05) is 44.0 Å². The van der Waals surface area contributed by atoms with Crippen LogP contribution in [0.25, 0.3) is 0 Å². The lowest BCUT2D eigenvalue weighted by atomic mass is 10.1. The molecule has 136 valence electrons. The molecule has 2 N–H and O–H groups in total. The summed E-state index contributed by atoms with van der Waals surface area (Å²) in [6.45, 7) is 1.81. The highest BCUT2D eigenvalue weighted by atomic mass is 16.3. The average Bonchev–Trinajstić information content (AvgIpc) is 3.24. The van der Waals surface area contributed by atoms with Crippen LogP contribution in [0.15, 0.2) is 24.8 Å². The van der Waals surface area contributed by atoms with Crippen molar-refractivity contribution in [2.24, 2.45) is 7.05 Å². The van der Waals surface area contributed by atoms with Gasteiger partial charge in [-0.05, 0) is 26.9 Å². The van der Waals surface area contributed by atoms with Crippen LogP contribution in [0.1, 0.15) is 24.4 Å². The Kier molecular flexibility index (Phi) is 5.50. The Labute approximate surface area is 148 Å². The van der Waals surface area contributed by atoms with Crippen molar-refractivity contribution in [1.82, 2.24) is 24.6 Å². The first-order chi connectivity index (χ1) is 12.1. The van der Waals surface area contributed by atoms with Gasteiger partial charge in [0.1, 0.15) is 18.0 Å². The van der Waals surface area contributed by atoms with Crippen molar-refractivity contribution in [3.8, 4) is 0 Å². The third-order valence-corrected chi connectivity index (χ3v) is 4.74. The molecule has 0 radical (unpaired) electrons. The fourth-order valence-corrected chi connectivity index (χ4v) is 3.34. The van der Waals surface area contributed by atoms with Gasteiger partial charge in [0.25, 0.3) is 0 Å². The second-order valence-electron chi connectivity index (χ2n) is 6.74. The molecule has 8 nitrogen and oxygen atoms in total. The fourth-order valence-electron chi connectivity index (χ4n) is 3.34. The van der Waals surface area contributed by atoms with Crippen molar-refractivity contribution < 1.29 is 5.11 Å². The van der Waals surface area contributed by atoms with Gasteiger partial charge >= 0.3 is 0 Å². The third-order valence-electron chi connectivity index (χ3n) is 4.74. The fraction of sp³-hybridized carbons (Fsp3) is 0.588. The lowest BCUT2D eigenvalue weighted by Crippen LogP contribution is -2.33. The first kappa shape index (κ1) is 17.6. The molecule has 8 heteroatoms. The molecule has 1 fully saturated rings. The van der Waals surface area contributed by atoms with E-state index in [1.807, 2.05) is 30.2 Å². The summed E-state index contributed by atoms with van der Waals surface area (Å²) < 4.78 is 1.82. The highest BCUT2D eigenvalue weighted by Gasteiger charge is 2.25. The van der Waals surface area contributed by atoms with Gasteiger partial charge in [0.05, 0.1) is 24.9 Å². The van der Waals surface area contributed by atoms with Gasteiger partial charge < -0.3 is 20.2 Å². The largest absolute Gasteiger partial charge is 0.394 e. The second-order valence-corrected chi connectivity index (χ2v) is 6.74. The predicted molar refractivity (Wildman–Crippen MR) is 97.6 cm³/mol. The van der Waals surface area contributed by atoms with Gasteiger partial charge in [-0.2, -0.15) is 5.10 Å². The van der Waals surface area contributed by atoms with Crippen molar-refractivity contribution in [3.63, 3.8) is 0 Å². The zero-order valence-corrected chi connectivity index (χ0v) is 15.1. The number of likely N-dealkylation sites (N-methyl/N-ethyl adjacent to an activating group) is 1. The van der Waals surface area contributed by atoms with E-state index < -0.39 is 0 Å². The predicted octanol–water partition coefficient (Wildman–Crippen LogP) is 0.886. The summed E-state index contributed by atoms with van der Waals surface area (Å²) in [5.74, 6) is 1.67. The highest BCUT2D eigenvalue weighted by molar-refractivity contribution is 5.50. The highest BCUT2D eigenvalue weighted by Crippen LogP contribution is 2.25. The van der Waals surface area contributed by atoms with E-state index >= 15 is 0 Å². The number of rotatable bonds is 7. The maximum atomic E-state index is 9.52. The molecule has 2 aromatic heterocycles. The molecule has 1 aliphatic heterocycles. The molecule has 3 rings (SSSR count). The number of nitrogens with zero attached hydrogens (tertiary/aromatic N) is 6. The van der Waals surface area contributed by atoms with Crippen LogP contribution in [0.3, 0.4) is 0 Å². The van der Waals surface area contributed by atoms with Crippen molar-refractivity contribution >= 4 is 11.6 Å². The monoisotopic (exact) mass is 345 g/mol. The van der Waals surface area contributed by atoms with Crippen LogP contribution in [-0.4, -0.2) is 69.6 Å². The molecule has 0 aliphatic carbocycles. The van der Waals surface area contributed by atoms with E-state index in [1.165, 1.54) is 0 Å². The molecule has 2 unspecified atom stereocenters. The van der Waals surface area contributed by atoms with Crippen molar-refractivity contribution in [3.05, 3.63) is 30.4 Å².